The van der Waals surface area contributed by atoms with E-state index < -0.39 is 0 Å². The van der Waals surface area contributed by atoms with Crippen molar-refractivity contribution < 1.29 is 46.5 Å². The number of hydrogen-bond donors (Lipinski definition) is 3. The first-order valence-corrected chi connectivity index (χ1v) is 27.0. The Kier molecular flexibility index (Phi) is 28.7. The number of fused-ring (bicyclic) bond motifs is 3. The second kappa shape index (κ2) is 36.5. The summed E-state index contributed by atoms with van der Waals surface area (Å²) in [6, 6.07) is 58.5. The molecule has 0 atom stereocenters. The Morgan fingerprint density at radius 3 is 0.884 bits per heavy atom. The zero-order chi connectivity index (χ0) is 59.3. The van der Waals surface area contributed by atoms with Crippen LogP contribution < -0.4 is 28.4 Å². The van der Waals surface area contributed by atoms with Gasteiger partial charge in [-0.05, 0) is 146 Å². The van der Waals surface area contributed by atoms with Gasteiger partial charge in [0, 0.05) is 85.3 Å². The average molecular weight is 1430 g/mol. The maximum atomic E-state index is 7.50. The van der Waals surface area contributed by atoms with Gasteiger partial charge < -0.3 is 28.4 Å². The zero-order valence-electron chi connectivity index (χ0n) is 44.5. The second-order valence-electron chi connectivity index (χ2n) is 16.7. The van der Waals surface area contributed by atoms with E-state index >= 15 is 0 Å². The predicted octanol–water partition coefficient (Wildman–Crippen LogP) is 12.7. The van der Waals surface area contributed by atoms with Gasteiger partial charge in [0.25, 0.3) is 0 Å². The van der Waals surface area contributed by atoms with Crippen LogP contribution in [0.3, 0.4) is 0 Å². The Labute approximate surface area is 538 Å². The molecule has 6 aromatic carbocycles. The number of anilines is 6. The summed E-state index contributed by atoms with van der Waals surface area (Å²) in [7, 11) is 0. The molecule has 0 bridgehead atoms. The largest absolute Gasteiger partial charge is 1.00 e. The first kappa shape index (κ1) is 67.6. The molecule has 6 aromatic heterocycles. The van der Waals surface area contributed by atoms with Crippen molar-refractivity contribution in [1.29, 1.82) is 0 Å². The number of aliphatic imine (C=N–C) groups is 3. The fraction of sp³-hybridized carbons (Fsp3) is 0. The average Bonchev–Trinajstić information content (AvgIpc) is 2.34. The van der Waals surface area contributed by atoms with Crippen molar-refractivity contribution in [3.8, 4) is 0 Å². The van der Waals surface area contributed by atoms with Crippen LogP contribution in [0.15, 0.2) is 248 Å². The summed E-state index contributed by atoms with van der Waals surface area (Å²) in [4.78, 5) is 52.4. The van der Waals surface area contributed by atoms with Gasteiger partial charge in [-0.2, -0.15) is 0 Å². The molecular weight excluding hydrogens is 1390 g/mol. The summed E-state index contributed by atoms with van der Waals surface area (Å²) in [6.07, 6.45) is 15.1. The molecule has 0 spiro atoms. The fourth-order valence-electron chi connectivity index (χ4n) is 7.56. The van der Waals surface area contributed by atoms with Gasteiger partial charge in [0.1, 0.15) is 36.4 Å². The molecule has 6 heterocycles. The van der Waals surface area contributed by atoms with Gasteiger partial charge in [-0.3, -0.25) is 29.9 Å². The molecule has 0 fully saturated rings. The van der Waals surface area contributed by atoms with Gasteiger partial charge in [0.05, 0.1) is 69.3 Å². The molecule has 0 saturated heterocycles. The zero-order valence-corrected chi connectivity index (χ0v) is 51.9. The number of benzene rings is 6. The number of pyridine rings is 3. The molecule has 0 aliphatic carbocycles. The summed E-state index contributed by atoms with van der Waals surface area (Å²) in [6.45, 7) is 13.5. The molecular formula is C63H42Br3ClN15O3Tc-. The maximum absolute atomic E-state index is 7.50. The van der Waals surface area contributed by atoms with Crippen LogP contribution in [0.25, 0.3) is 32.7 Å². The van der Waals surface area contributed by atoms with Crippen molar-refractivity contribution in [1.82, 2.24) is 44.9 Å². The van der Waals surface area contributed by atoms with E-state index in [0.29, 0.717) is 0 Å². The van der Waals surface area contributed by atoms with E-state index in [2.05, 4.69) is 144 Å². The van der Waals surface area contributed by atoms with E-state index in [4.69, 9.17) is 14.0 Å². The van der Waals surface area contributed by atoms with E-state index in [-0.39, 0.29) is 32.5 Å². The van der Waals surface area contributed by atoms with Crippen molar-refractivity contribution in [2.75, 3.05) is 16.0 Å². The SMILES string of the molecule is Brc1cccc(Nc2ncnc3ccc(N=Cc4ccccn4)cc23)c1.Brc1cccc(Nc2ncnc3ccc(N=Cc4ccccn4)cc23)c1.Brc1cccc(Nc2ncnc3ccc(N=Cc4ccccn4)cc23)c1.[99Tc].[C-]#[O+].[C-]#[O+].[C-]#[O+].[Cl-]. The first-order chi connectivity index (χ1) is 41.3. The van der Waals surface area contributed by atoms with Crippen molar-refractivity contribution >= 4 is 151 Å². The first-order valence-electron chi connectivity index (χ1n) is 24.6. The van der Waals surface area contributed by atoms with Crippen molar-refractivity contribution in [2.45, 2.75) is 0 Å². The van der Waals surface area contributed by atoms with E-state index in [1.165, 1.54) is 0 Å². The molecule has 3 N–H and O–H groups in total. The summed E-state index contributed by atoms with van der Waals surface area (Å²) in [5, 5.41) is 12.7. The summed E-state index contributed by atoms with van der Waals surface area (Å²) in [5.74, 6) is 2.22. The second-order valence-corrected chi connectivity index (χ2v) is 19.5. The molecule has 12 aromatic rings. The van der Waals surface area contributed by atoms with Crippen molar-refractivity contribution in [2.24, 2.45) is 15.0 Å². The standard InChI is InChI=1S/3C20H14BrN5.3CO.ClH.Tc/c3*21-14-4-3-6-16(10-14)26-20-18-11-15(7-8-19(18)24-13-25-20)23-12-17-5-1-2-9-22-17;3*1-2;;/h3*1-13H,(H,24,25,26);;;;1H;/p-1/i;;;;;;;1+1. The number of halogens is 4. The Bertz CT molecular complexity index is 3840. The minimum atomic E-state index is 0. The molecule has 0 unspecified atom stereocenters. The van der Waals surface area contributed by atoms with Gasteiger partial charge in [0.2, 0.25) is 0 Å². The van der Waals surface area contributed by atoms with Gasteiger partial charge in [-0.25, -0.2) is 29.9 Å². The van der Waals surface area contributed by atoms with Gasteiger partial charge in [-0.1, -0.05) is 84.2 Å². The van der Waals surface area contributed by atoms with Crippen molar-refractivity contribution in [3.63, 3.8) is 0 Å². The van der Waals surface area contributed by atoms with Crippen LogP contribution in [0.1, 0.15) is 17.1 Å². The quantitative estimate of drug-likeness (QED) is 0.0587. The number of nitrogens with one attached hydrogen (secondary N) is 3. The Morgan fingerprint density at radius 1 is 0.337 bits per heavy atom. The number of nitrogens with zero attached hydrogens (tertiary/aromatic N) is 12. The molecule has 12 rings (SSSR count). The normalized spacial score (nSPS) is 10.2. The number of hydrogen-bond acceptors (Lipinski definition) is 15. The smallest absolute Gasteiger partial charge is 1.00 e. The van der Waals surface area contributed by atoms with Crippen LogP contribution in [0.5, 0.6) is 0 Å². The molecule has 23 heteroatoms. The van der Waals surface area contributed by atoms with Crippen LogP contribution >= 0.6 is 47.8 Å². The van der Waals surface area contributed by atoms with E-state index in [9.17, 15) is 0 Å². The van der Waals surface area contributed by atoms with Crippen LogP contribution in [-0.2, 0) is 34.1 Å². The molecule has 0 aliphatic rings. The van der Waals surface area contributed by atoms with Crippen LogP contribution in [0.4, 0.5) is 51.6 Å². The Balaban J connectivity index is 0.000000223. The van der Waals surface area contributed by atoms with Crippen molar-refractivity contribution in [3.05, 3.63) is 270 Å². The van der Waals surface area contributed by atoms with E-state index in [0.717, 1.165) is 115 Å². The summed E-state index contributed by atoms with van der Waals surface area (Å²) >= 11 is 10.4. The van der Waals surface area contributed by atoms with Gasteiger partial charge >= 0.3 is 33.9 Å². The number of rotatable bonds is 12. The molecule has 0 amide bonds. The van der Waals surface area contributed by atoms with E-state index in [1.54, 1.807) is 56.2 Å². The third-order valence-corrected chi connectivity index (χ3v) is 12.7. The number of aromatic nitrogens is 9. The topological polar surface area (TPSA) is 249 Å². The van der Waals surface area contributed by atoms with Gasteiger partial charge in [0.15, 0.2) is 0 Å². The minimum Gasteiger partial charge on any atom is -1.00 e. The maximum Gasteiger partial charge on any atom is -1.00 e. The summed E-state index contributed by atoms with van der Waals surface area (Å²) < 4.78 is 25.5. The molecule has 18 nitrogen and oxygen atoms in total. The third kappa shape index (κ3) is 20.5. The molecule has 0 aliphatic heterocycles. The molecule has 86 heavy (non-hydrogen) atoms. The predicted molar refractivity (Wildman–Crippen MR) is 337 cm³/mol. The minimum absolute atomic E-state index is 0. The summed E-state index contributed by atoms with van der Waals surface area (Å²) in [5.41, 5.74) is 10.3. The van der Waals surface area contributed by atoms with Crippen LogP contribution in [0.2, 0.25) is 0 Å². The molecule has 1 radical (unpaired) electrons. The van der Waals surface area contributed by atoms with Gasteiger partial charge in [-0.15, -0.1) is 0 Å². The van der Waals surface area contributed by atoms with E-state index in [1.807, 2.05) is 182 Å². The molecule has 0 saturated carbocycles. The van der Waals surface area contributed by atoms with Crippen LogP contribution in [-0.4, -0.2) is 63.5 Å². The Hall–Kier alpha value is -9.20. The van der Waals surface area contributed by atoms with Crippen LogP contribution in [0, 0.1) is 20.0 Å². The fourth-order valence-corrected chi connectivity index (χ4v) is 8.76. The monoisotopic (exact) mass is 1430 g/mol. The third-order valence-electron chi connectivity index (χ3n) is 11.2. The Morgan fingerprint density at radius 2 is 0.628 bits per heavy atom. The molecule has 423 valence electrons.